The molecule has 0 spiro atoms. The van der Waals surface area contributed by atoms with Gasteiger partial charge in [0.05, 0.1) is 5.56 Å². The van der Waals surface area contributed by atoms with Crippen LogP contribution < -0.4 is 5.32 Å². The fraction of sp³-hybridized carbons (Fsp3) is 0.450. The number of thiophene rings is 1. The topological polar surface area (TPSA) is 32.3 Å². The Morgan fingerprint density at radius 1 is 1.08 bits per heavy atom. The van der Waals surface area contributed by atoms with E-state index in [9.17, 15) is 4.79 Å². The smallest absolute Gasteiger partial charge is 0.256 e. The third kappa shape index (κ3) is 3.26. The van der Waals surface area contributed by atoms with Gasteiger partial charge in [-0.1, -0.05) is 18.2 Å². The van der Waals surface area contributed by atoms with E-state index in [4.69, 9.17) is 0 Å². The minimum absolute atomic E-state index is 0.0586. The molecule has 1 saturated heterocycles. The second-order valence-electron chi connectivity index (χ2n) is 6.85. The first-order valence-electron chi connectivity index (χ1n) is 9.02. The molecule has 2 aromatic rings. The maximum absolute atomic E-state index is 12.8. The van der Waals surface area contributed by atoms with E-state index in [2.05, 4.69) is 27.7 Å². The van der Waals surface area contributed by atoms with Crippen LogP contribution in [0.5, 0.6) is 0 Å². The van der Waals surface area contributed by atoms with Crippen molar-refractivity contribution in [3.05, 3.63) is 51.2 Å². The number of benzene rings is 1. The Labute approximate surface area is 147 Å². The summed E-state index contributed by atoms with van der Waals surface area (Å²) in [6.07, 6.45) is 7.23. The minimum Gasteiger partial charge on any atom is -0.322 e. The second kappa shape index (κ2) is 7.08. The van der Waals surface area contributed by atoms with E-state index < -0.39 is 0 Å². The lowest BCUT2D eigenvalue weighted by Crippen LogP contribution is -2.21. The summed E-state index contributed by atoms with van der Waals surface area (Å²) in [4.78, 5) is 16.7. The molecule has 2 heterocycles. The van der Waals surface area contributed by atoms with E-state index in [1.165, 1.54) is 54.8 Å². The molecule has 3 nitrogen and oxygen atoms in total. The number of amides is 1. The van der Waals surface area contributed by atoms with Crippen molar-refractivity contribution in [3.8, 4) is 0 Å². The van der Waals surface area contributed by atoms with Gasteiger partial charge in [0.1, 0.15) is 0 Å². The summed E-state index contributed by atoms with van der Waals surface area (Å²) in [6, 6.07) is 8.23. The number of hydrogen-bond donors (Lipinski definition) is 1. The number of carbonyl (C=O) groups excluding carboxylic acids is 1. The molecule has 0 bridgehead atoms. The van der Waals surface area contributed by atoms with Crippen molar-refractivity contribution >= 4 is 22.9 Å². The summed E-state index contributed by atoms with van der Waals surface area (Å²) >= 11 is 1.75. The highest BCUT2D eigenvalue weighted by Crippen LogP contribution is 2.31. The number of anilines is 1. The first-order chi connectivity index (χ1) is 11.8. The van der Waals surface area contributed by atoms with Crippen molar-refractivity contribution < 1.29 is 4.79 Å². The number of carbonyl (C=O) groups is 1. The number of likely N-dealkylation sites (tertiary alicyclic amines) is 1. The van der Waals surface area contributed by atoms with Gasteiger partial charge >= 0.3 is 0 Å². The number of aryl methyl sites for hydroxylation is 1. The van der Waals surface area contributed by atoms with Gasteiger partial charge in [0.25, 0.3) is 5.91 Å². The molecule has 4 heteroatoms. The van der Waals surface area contributed by atoms with Crippen LogP contribution in [0.25, 0.3) is 0 Å². The van der Waals surface area contributed by atoms with Crippen LogP contribution in [0.3, 0.4) is 0 Å². The van der Waals surface area contributed by atoms with Crippen LogP contribution in [0.15, 0.2) is 29.6 Å². The van der Waals surface area contributed by atoms with E-state index in [-0.39, 0.29) is 5.91 Å². The molecule has 1 aromatic heterocycles. The highest BCUT2D eigenvalue weighted by Gasteiger charge is 2.21. The molecule has 1 fully saturated rings. The zero-order chi connectivity index (χ0) is 16.4. The molecule has 24 heavy (non-hydrogen) atoms. The average molecular weight is 340 g/mol. The Morgan fingerprint density at radius 2 is 1.88 bits per heavy atom. The highest BCUT2D eigenvalue weighted by molar-refractivity contribution is 7.10. The van der Waals surface area contributed by atoms with Crippen LogP contribution in [0.2, 0.25) is 0 Å². The SMILES string of the molecule is O=C(Nc1ccccc1CN1CCCC1)c1csc2c1CCCC2. The van der Waals surface area contributed by atoms with Gasteiger partial charge in [-0.15, -0.1) is 11.3 Å². The normalized spacial score (nSPS) is 17.7. The first kappa shape index (κ1) is 15.9. The van der Waals surface area contributed by atoms with Crippen molar-refractivity contribution in [3.63, 3.8) is 0 Å². The zero-order valence-electron chi connectivity index (χ0n) is 14.0. The summed E-state index contributed by atoms with van der Waals surface area (Å²) in [5.41, 5.74) is 4.37. The van der Waals surface area contributed by atoms with Crippen LogP contribution >= 0.6 is 11.3 Å². The largest absolute Gasteiger partial charge is 0.322 e. The predicted molar refractivity (Wildman–Crippen MR) is 99.9 cm³/mol. The highest BCUT2D eigenvalue weighted by atomic mass is 32.1. The van der Waals surface area contributed by atoms with E-state index in [0.29, 0.717) is 0 Å². The van der Waals surface area contributed by atoms with E-state index >= 15 is 0 Å². The predicted octanol–water partition coefficient (Wildman–Crippen LogP) is 4.48. The molecule has 1 N–H and O–H groups in total. The van der Waals surface area contributed by atoms with Gasteiger partial charge in [-0.2, -0.15) is 0 Å². The number of nitrogens with one attached hydrogen (secondary N) is 1. The molecule has 0 atom stereocenters. The van der Waals surface area contributed by atoms with Crippen molar-refractivity contribution in [2.24, 2.45) is 0 Å². The van der Waals surface area contributed by atoms with Crippen molar-refractivity contribution in [2.75, 3.05) is 18.4 Å². The lowest BCUT2D eigenvalue weighted by molar-refractivity contribution is 0.102. The van der Waals surface area contributed by atoms with E-state index in [0.717, 1.165) is 30.6 Å². The van der Waals surface area contributed by atoms with Crippen LogP contribution in [-0.4, -0.2) is 23.9 Å². The van der Waals surface area contributed by atoms with Crippen molar-refractivity contribution in [2.45, 2.75) is 45.1 Å². The Kier molecular flexibility index (Phi) is 4.67. The van der Waals surface area contributed by atoms with Crippen LogP contribution in [0.1, 0.15) is 52.0 Å². The van der Waals surface area contributed by atoms with Gasteiger partial charge in [0.15, 0.2) is 0 Å². The third-order valence-electron chi connectivity index (χ3n) is 5.16. The monoisotopic (exact) mass is 340 g/mol. The summed E-state index contributed by atoms with van der Waals surface area (Å²) < 4.78 is 0. The summed E-state index contributed by atoms with van der Waals surface area (Å²) in [5.74, 6) is 0.0586. The number of fused-ring (bicyclic) bond motifs is 1. The Balaban J connectivity index is 1.52. The lowest BCUT2D eigenvalue weighted by atomic mass is 9.95. The molecule has 126 valence electrons. The summed E-state index contributed by atoms with van der Waals surface area (Å²) in [5, 5.41) is 5.23. The van der Waals surface area contributed by atoms with Gasteiger partial charge in [-0.25, -0.2) is 0 Å². The van der Waals surface area contributed by atoms with Gasteiger partial charge < -0.3 is 5.32 Å². The molecular weight excluding hydrogens is 316 g/mol. The molecule has 0 radical (unpaired) electrons. The zero-order valence-corrected chi connectivity index (χ0v) is 14.8. The Bertz CT molecular complexity index is 731. The molecule has 2 aliphatic rings. The Hall–Kier alpha value is -1.65. The molecule has 4 rings (SSSR count). The molecule has 1 aliphatic heterocycles. The van der Waals surface area contributed by atoms with Gasteiger partial charge in [0, 0.05) is 22.5 Å². The minimum atomic E-state index is 0.0586. The molecule has 1 aromatic carbocycles. The van der Waals surface area contributed by atoms with Gasteiger partial charge in [-0.3, -0.25) is 9.69 Å². The Morgan fingerprint density at radius 3 is 2.75 bits per heavy atom. The fourth-order valence-corrected chi connectivity index (χ4v) is 4.96. The molecule has 0 saturated carbocycles. The molecular formula is C20H24N2OS. The van der Waals surface area contributed by atoms with Crippen molar-refractivity contribution in [1.82, 2.24) is 4.90 Å². The van der Waals surface area contributed by atoms with Crippen LogP contribution in [0, 0.1) is 0 Å². The number of rotatable bonds is 4. The van der Waals surface area contributed by atoms with E-state index in [1.807, 2.05) is 12.1 Å². The van der Waals surface area contributed by atoms with Crippen LogP contribution in [0.4, 0.5) is 5.69 Å². The van der Waals surface area contributed by atoms with Crippen LogP contribution in [-0.2, 0) is 19.4 Å². The first-order valence-corrected chi connectivity index (χ1v) is 9.90. The maximum Gasteiger partial charge on any atom is 0.256 e. The molecule has 1 aliphatic carbocycles. The molecule has 1 amide bonds. The lowest BCUT2D eigenvalue weighted by Gasteiger charge is -2.18. The quantitative estimate of drug-likeness (QED) is 0.890. The second-order valence-corrected chi connectivity index (χ2v) is 7.82. The van der Waals surface area contributed by atoms with Gasteiger partial charge in [-0.05, 0) is 68.8 Å². The van der Waals surface area contributed by atoms with Crippen molar-refractivity contribution in [1.29, 1.82) is 0 Å². The standard InChI is InChI=1S/C20H24N2OS/c23-20(17-14-24-19-10-4-2-8-16(17)19)21-18-9-3-1-7-15(18)13-22-11-5-6-12-22/h1,3,7,9,14H,2,4-6,8,10-13H2,(H,21,23). The summed E-state index contributed by atoms with van der Waals surface area (Å²) in [7, 11) is 0. The number of nitrogens with zero attached hydrogens (tertiary/aromatic N) is 1. The fourth-order valence-electron chi connectivity index (χ4n) is 3.84. The van der Waals surface area contributed by atoms with E-state index in [1.54, 1.807) is 11.3 Å². The number of para-hydroxylation sites is 1. The third-order valence-corrected chi connectivity index (χ3v) is 6.25. The molecule has 0 unspecified atom stereocenters. The number of hydrogen-bond acceptors (Lipinski definition) is 3. The maximum atomic E-state index is 12.8. The average Bonchev–Trinajstić information content (AvgIpc) is 3.26. The summed E-state index contributed by atoms with van der Waals surface area (Å²) in [6.45, 7) is 3.26. The van der Waals surface area contributed by atoms with Gasteiger partial charge in [0.2, 0.25) is 0 Å².